The van der Waals surface area contributed by atoms with Crippen LogP contribution in [0, 0.1) is 0 Å². The first kappa shape index (κ1) is 16.4. The van der Waals surface area contributed by atoms with E-state index in [0.717, 1.165) is 26.3 Å². The molecule has 21 heavy (non-hydrogen) atoms. The van der Waals surface area contributed by atoms with E-state index in [1.54, 1.807) is 29.7 Å². The molecule has 0 saturated carbocycles. The second-order valence-corrected chi connectivity index (χ2v) is 8.32. The zero-order valence-corrected chi connectivity index (χ0v) is 15.4. The van der Waals surface area contributed by atoms with Gasteiger partial charge < -0.3 is 10.6 Å². The van der Waals surface area contributed by atoms with Crippen LogP contribution < -0.4 is 10.6 Å². The van der Waals surface area contributed by atoms with Crippen molar-refractivity contribution >= 4 is 44.6 Å². The van der Waals surface area contributed by atoms with Crippen molar-refractivity contribution in [2.75, 3.05) is 7.05 Å². The van der Waals surface area contributed by atoms with E-state index in [9.17, 15) is 0 Å². The van der Waals surface area contributed by atoms with Crippen LogP contribution in [0.3, 0.4) is 0 Å². The Morgan fingerprint density at radius 3 is 2.57 bits per heavy atom. The Hall–Kier alpha value is -0.990. The molecule has 114 valence electrons. The molecule has 0 aliphatic carbocycles. The molecule has 2 rings (SSSR count). The van der Waals surface area contributed by atoms with Gasteiger partial charge in [-0.05, 0) is 28.1 Å². The highest BCUT2D eigenvalue weighted by Crippen LogP contribution is 2.21. The van der Waals surface area contributed by atoms with Gasteiger partial charge in [0.05, 0.1) is 16.9 Å². The van der Waals surface area contributed by atoms with Crippen LogP contribution in [0.1, 0.15) is 34.7 Å². The highest BCUT2D eigenvalue weighted by atomic mass is 79.9. The number of thiophene rings is 1. The van der Waals surface area contributed by atoms with E-state index in [4.69, 9.17) is 0 Å². The Bertz CT molecular complexity index is 605. The summed E-state index contributed by atoms with van der Waals surface area (Å²) in [5, 5.41) is 16.9. The van der Waals surface area contributed by atoms with Gasteiger partial charge in [-0.25, -0.2) is 0 Å². The molecule has 0 saturated heterocycles. The van der Waals surface area contributed by atoms with Crippen molar-refractivity contribution in [3.05, 3.63) is 30.8 Å². The predicted molar refractivity (Wildman–Crippen MR) is 93.1 cm³/mol. The van der Waals surface area contributed by atoms with E-state index < -0.39 is 0 Å². The summed E-state index contributed by atoms with van der Waals surface area (Å²) in [5.74, 6) is 1.19. The Morgan fingerprint density at radius 1 is 1.24 bits per heavy atom. The fourth-order valence-electron chi connectivity index (χ4n) is 1.57. The number of nitrogens with one attached hydrogen (secondary N) is 2. The van der Waals surface area contributed by atoms with Gasteiger partial charge in [-0.15, -0.1) is 21.5 Å². The molecule has 0 aromatic carbocycles. The average molecular weight is 388 g/mol. The first-order valence-electron chi connectivity index (χ1n) is 6.59. The van der Waals surface area contributed by atoms with Gasteiger partial charge in [0.25, 0.3) is 0 Å². The molecule has 0 atom stereocenters. The quantitative estimate of drug-likeness (QED) is 0.609. The third kappa shape index (κ3) is 5.05. The van der Waals surface area contributed by atoms with E-state index in [1.807, 2.05) is 6.07 Å². The second kappa shape index (κ2) is 7.86. The summed E-state index contributed by atoms with van der Waals surface area (Å²) in [7, 11) is 1.76. The molecular weight excluding hydrogens is 370 g/mol. The largest absolute Gasteiger partial charge is 0.352 e. The molecule has 0 spiro atoms. The van der Waals surface area contributed by atoms with Crippen LogP contribution in [0.5, 0.6) is 0 Å². The number of hydrogen-bond donors (Lipinski definition) is 2. The van der Waals surface area contributed by atoms with E-state index >= 15 is 0 Å². The molecule has 2 aromatic heterocycles. The van der Waals surface area contributed by atoms with Crippen LogP contribution in [0.2, 0.25) is 0 Å². The Labute approximate surface area is 141 Å². The highest BCUT2D eigenvalue weighted by Gasteiger charge is 2.08. The minimum atomic E-state index is 0.422. The third-order valence-electron chi connectivity index (χ3n) is 2.67. The van der Waals surface area contributed by atoms with Crippen LogP contribution in [0.15, 0.2) is 20.9 Å². The summed E-state index contributed by atoms with van der Waals surface area (Å²) in [4.78, 5) is 5.46. The molecule has 8 heteroatoms. The minimum absolute atomic E-state index is 0.422. The van der Waals surface area contributed by atoms with E-state index in [1.165, 1.54) is 4.88 Å². The van der Waals surface area contributed by atoms with Crippen molar-refractivity contribution in [3.63, 3.8) is 0 Å². The smallest absolute Gasteiger partial charge is 0.191 e. The lowest BCUT2D eigenvalue weighted by atomic mass is 10.2. The standard InChI is InChI=1S/C13H18BrN5S2/c1-8(2)12-19-18-11(21-12)7-17-13(15-3)16-6-9-4-5-10(14)20-9/h4-5,8H,6-7H2,1-3H3,(H2,15,16,17). The number of nitrogens with zero attached hydrogens (tertiary/aromatic N) is 3. The highest BCUT2D eigenvalue weighted by molar-refractivity contribution is 9.11. The lowest BCUT2D eigenvalue weighted by Crippen LogP contribution is -2.36. The van der Waals surface area contributed by atoms with Gasteiger partial charge in [0.2, 0.25) is 0 Å². The van der Waals surface area contributed by atoms with Gasteiger partial charge in [-0.2, -0.15) is 0 Å². The number of aliphatic imine (C=N–C) groups is 1. The number of halogens is 1. The SMILES string of the molecule is CN=C(NCc1ccc(Br)s1)NCc1nnc(C(C)C)s1. The summed E-state index contributed by atoms with van der Waals surface area (Å²) < 4.78 is 1.14. The van der Waals surface area contributed by atoms with Crippen LogP contribution in [0.4, 0.5) is 0 Å². The Morgan fingerprint density at radius 2 is 2.00 bits per heavy atom. The van der Waals surface area contributed by atoms with Crippen LogP contribution in [0.25, 0.3) is 0 Å². The first-order chi connectivity index (χ1) is 10.1. The zero-order valence-electron chi connectivity index (χ0n) is 12.2. The molecule has 0 aliphatic rings. The monoisotopic (exact) mass is 387 g/mol. The molecule has 2 N–H and O–H groups in total. The molecule has 0 unspecified atom stereocenters. The van der Waals surface area contributed by atoms with Crippen LogP contribution in [-0.2, 0) is 13.1 Å². The molecule has 0 bridgehead atoms. The lowest BCUT2D eigenvalue weighted by Gasteiger charge is -2.09. The predicted octanol–water partition coefficient (Wildman–Crippen LogP) is 3.35. The maximum Gasteiger partial charge on any atom is 0.191 e. The number of guanidine groups is 1. The zero-order chi connectivity index (χ0) is 15.2. The van der Waals surface area contributed by atoms with Crippen molar-refractivity contribution in [1.82, 2.24) is 20.8 Å². The maximum atomic E-state index is 4.21. The molecule has 2 heterocycles. The maximum absolute atomic E-state index is 4.21. The normalized spacial score (nSPS) is 12.0. The summed E-state index contributed by atoms with van der Waals surface area (Å²) in [6, 6.07) is 4.14. The summed E-state index contributed by atoms with van der Waals surface area (Å²) in [6.45, 7) is 5.64. The fourth-order valence-corrected chi connectivity index (χ4v) is 3.78. The van der Waals surface area contributed by atoms with Crippen molar-refractivity contribution in [1.29, 1.82) is 0 Å². The van der Waals surface area contributed by atoms with Gasteiger partial charge >= 0.3 is 0 Å². The number of hydrogen-bond acceptors (Lipinski definition) is 5. The molecule has 2 aromatic rings. The van der Waals surface area contributed by atoms with Gasteiger partial charge in [0.15, 0.2) is 5.96 Å². The van der Waals surface area contributed by atoms with Crippen LogP contribution in [-0.4, -0.2) is 23.2 Å². The molecule has 5 nitrogen and oxygen atoms in total. The van der Waals surface area contributed by atoms with Gasteiger partial charge in [0, 0.05) is 17.8 Å². The summed E-state index contributed by atoms with van der Waals surface area (Å²) >= 11 is 6.81. The first-order valence-corrected chi connectivity index (χ1v) is 9.02. The fraction of sp³-hybridized carbons (Fsp3) is 0.462. The third-order valence-corrected chi connectivity index (χ3v) is 5.51. The van der Waals surface area contributed by atoms with E-state index in [0.29, 0.717) is 12.5 Å². The Kier molecular flexibility index (Phi) is 6.13. The van der Waals surface area contributed by atoms with Crippen molar-refractivity contribution in [2.24, 2.45) is 4.99 Å². The minimum Gasteiger partial charge on any atom is -0.352 e. The molecule has 0 amide bonds. The summed E-state index contributed by atoms with van der Waals surface area (Å²) in [6.07, 6.45) is 0. The molecule has 0 aliphatic heterocycles. The van der Waals surface area contributed by atoms with Gasteiger partial charge in [-0.1, -0.05) is 25.2 Å². The van der Waals surface area contributed by atoms with Gasteiger partial charge in [0.1, 0.15) is 10.0 Å². The van der Waals surface area contributed by atoms with Crippen molar-refractivity contribution in [2.45, 2.75) is 32.9 Å². The van der Waals surface area contributed by atoms with E-state index in [2.05, 4.69) is 61.7 Å². The Balaban J connectivity index is 1.82. The second-order valence-electron chi connectivity index (χ2n) is 4.67. The summed E-state index contributed by atoms with van der Waals surface area (Å²) in [5.41, 5.74) is 0. The van der Waals surface area contributed by atoms with Crippen molar-refractivity contribution in [3.8, 4) is 0 Å². The van der Waals surface area contributed by atoms with Crippen molar-refractivity contribution < 1.29 is 0 Å². The number of aromatic nitrogens is 2. The average Bonchev–Trinajstić information content (AvgIpc) is 3.08. The topological polar surface area (TPSA) is 62.2 Å². The lowest BCUT2D eigenvalue weighted by molar-refractivity contribution is 0.786. The number of rotatable bonds is 5. The van der Waals surface area contributed by atoms with Crippen LogP contribution >= 0.6 is 38.6 Å². The molecule has 0 radical (unpaired) electrons. The molecular formula is C13H18BrN5S2. The molecule has 0 fully saturated rings. The van der Waals surface area contributed by atoms with Gasteiger partial charge in [-0.3, -0.25) is 4.99 Å². The van der Waals surface area contributed by atoms with E-state index in [-0.39, 0.29) is 0 Å².